The minimum atomic E-state index is 1.06. The van der Waals surface area contributed by atoms with E-state index in [0.29, 0.717) is 0 Å². The second-order valence-corrected chi connectivity index (χ2v) is 5.33. The summed E-state index contributed by atoms with van der Waals surface area (Å²) in [5.74, 6) is 0. The van der Waals surface area contributed by atoms with Gasteiger partial charge >= 0.3 is 0 Å². The van der Waals surface area contributed by atoms with Crippen LogP contribution in [-0.4, -0.2) is 37.4 Å². The lowest BCUT2D eigenvalue weighted by molar-refractivity contribution is 0.590. The zero-order chi connectivity index (χ0) is 12.4. The molecule has 18 heavy (non-hydrogen) atoms. The molecule has 1 N–H and O–H groups in total. The molecule has 94 valence electrons. The number of thioether (sulfide) groups is 1. The molecular formula is C14H17N3S. The van der Waals surface area contributed by atoms with Crippen LogP contribution in [0.15, 0.2) is 35.4 Å². The number of rotatable bonds is 2. The third-order valence-corrected chi connectivity index (χ3v) is 4.11. The quantitative estimate of drug-likeness (QED) is 0.838. The molecule has 1 aromatic carbocycles. The highest BCUT2D eigenvalue weighted by atomic mass is 32.2. The highest BCUT2D eigenvalue weighted by Crippen LogP contribution is 2.28. The van der Waals surface area contributed by atoms with E-state index in [-0.39, 0.29) is 0 Å². The van der Waals surface area contributed by atoms with E-state index in [1.165, 1.54) is 16.0 Å². The van der Waals surface area contributed by atoms with E-state index in [1.807, 2.05) is 6.20 Å². The Morgan fingerprint density at radius 3 is 2.83 bits per heavy atom. The van der Waals surface area contributed by atoms with Crippen LogP contribution in [0.2, 0.25) is 0 Å². The second kappa shape index (κ2) is 5.16. The lowest BCUT2D eigenvalue weighted by Crippen LogP contribution is -2.43. The summed E-state index contributed by atoms with van der Waals surface area (Å²) in [4.78, 5) is 8.20. The van der Waals surface area contributed by atoms with Crippen LogP contribution in [0, 0.1) is 0 Å². The lowest BCUT2D eigenvalue weighted by Gasteiger charge is -2.30. The fourth-order valence-corrected chi connectivity index (χ4v) is 2.85. The van der Waals surface area contributed by atoms with Gasteiger partial charge in [-0.05, 0) is 30.5 Å². The Hall–Kier alpha value is -1.26. The predicted molar refractivity (Wildman–Crippen MR) is 78.6 cm³/mol. The molecule has 1 saturated heterocycles. The van der Waals surface area contributed by atoms with Gasteiger partial charge in [-0.2, -0.15) is 0 Å². The molecule has 3 nitrogen and oxygen atoms in total. The van der Waals surface area contributed by atoms with Crippen molar-refractivity contribution in [3.63, 3.8) is 0 Å². The van der Waals surface area contributed by atoms with Crippen LogP contribution in [0.1, 0.15) is 0 Å². The summed E-state index contributed by atoms with van der Waals surface area (Å²) < 4.78 is 0. The normalized spacial score (nSPS) is 16.2. The van der Waals surface area contributed by atoms with Gasteiger partial charge in [0.15, 0.2) is 0 Å². The Labute approximate surface area is 112 Å². The molecule has 1 aliphatic heterocycles. The molecule has 0 radical (unpaired) electrons. The van der Waals surface area contributed by atoms with E-state index in [9.17, 15) is 0 Å². The van der Waals surface area contributed by atoms with E-state index in [1.54, 1.807) is 11.8 Å². The molecule has 1 aliphatic rings. The number of pyridine rings is 1. The first kappa shape index (κ1) is 11.8. The fraction of sp³-hybridized carbons (Fsp3) is 0.357. The molecule has 0 spiro atoms. The molecule has 0 unspecified atom stereocenters. The van der Waals surface area contributed by atoms with Crippen LogP contribution in [0.25, 0.3) is 10.9 Å². The van der Waals surface area contributed by atoms with E-state index < -0.39 is 0 Å². The van der Waals surface area contributed by atoms with Crippen molar-refractivity contribution in [3.8, 4) is 0 Å². The van der Waals surface area contributed by atoms with Crippen molar-refractivity contribution in [2.24, 2.45) is 0 Å². The van der Waals surface area contributed by atoms with Gasteiger partial charge in [-0.15, -0.1) is 11.8 Å². The zero-order valence-electron chi connectivity index (χ0n) is 10.5. The van der Waals surface area contributed by atoms with Crippen molar-refractivity contribution >= 4 is 28.4 Å². The molecule has 3 rings (SSSR count). The first-order chi connectivity index (χ1) is 8.88. The van der Waals surface area contributed by atoms with Crippen molar-refractivity contribution in [1.29, 1.82) is 0 Å². The minimum Gasteiger partial charge on any atom is -0.368 e. The molecule has 0 saturated carbocycles. The van der Waals surface area contributed by atoms with Crippen molar-refractivity contribution in [1.82, 2.24) is 10.3 Å². The Kier molecular flexibility index (Phi) is 3.39. The summed E-state index contributed by atoms with van der Waals surface area (Å²) in [6, 6.07) is 8.68. The summed E-state index contributed by atoms with van der Waals surface area (Å²) in [7, 11) is 0. The molecule has 1 aromatic heterocycles. The van der Waals surface area contributed by atoms with Gasteiger partial charge in [0.2, 0.25) is 0 Å². The summed E-state index contributed by atoms with van der Waals surface area (Å²) in [6.07, 6.45) is 4.02. The molecular weight excluding hydrogens is 242 g/mol. The van der Waals surface area contributed by atoms with Gasteiger partial charge in [-0.25, -0.2) is 0 Å². The molecule has 1 fully saturated rings. The fourth-order valence-electron chi connectivity index (χ4n) is 2.42. The SMILES string of the molecule is CSc1ccc2c(N3CCNCC3)ccnc2c1. The van der Waals surface area contributed by atoms with Gasteiger partial charge in [0.1, 0.15) is 0 Å². The Balaban J connectivity index is 2.05. The molecule has 0 bridgehead atoms. The topological polar surface area (TPSA) is 28.2 Å². The maximum absolute atomic E-state index is 4.49. The standard InChI is InChI=1S/C14H17N3S/c1-18-11-2-3-12-13(10-11)16-5-4-14(12)17-8-6-15-7-9-17/h2-5,10,15H,6-9H2,1H3. The van der Waals surface area contributed by atoms with E-state index in [2.05, 4.69) is 45.7 Å². The first-order valence-corrected chi connectivity index (χ1v) is 7.49. The second-order valence-electron chi connectivity index (χ2n) is 4.45. The van der Waals surface area contributed by atoms with E-state index in [0.717, 1.165) is 31.7 Å². The minimum absolute atomic E-state index is 1.06. The van der Waals surface area contributed by atoms with Gasteiger partial charge in [-0.3, -0.25) is 4.98 Å². The van der Waals surface area contributed by atoms with Crippen LogP contribution >= 0.6 is 11.8 Å². The Bertz CT molecular complexity index is 550. The van der Waals surface area contributed by atoms with Crippen molar-refractivity contribution in [2.75, 3.05) is 37.3 Å². The van der Waals surface area contributed by atoms with Gasteiger partial charge in [0.25, 0.3) is 0 Å². The zero-order valence-corrected chi connectivity index (χ0v) is 11.3. The molecule has 0 aliphatic carbocycles. The van der Waals surface area contributed by atoms with Crippen LogP contribution in [0.3, 0.4) is 0 Å². The average Bonchev–Trinajstić information content (AvgIpc) is 2.47. The number of fused-ring (bicyclic) bond motifs is 1. The number of nitrogens with one attached hydrogen (secondary N) is 1. The smallest absolute Gasteiger partial charge is 0.0733 e. The molecule has 0 amide bonds. The highest BCUT2D eigenvalue weighted by Gasteiger charge is 2.13. The summed E-state index contributed by atoms with van der Waals surface area (Å²) in [5.41, 5.74) is 2.41. The van der Waals surface area contributed by atoms with E-state index in [4.69, 9.17) is 0 Å². The maximum atomic E-state index is 4.49. The Morgan fingerprint density at radius 2 is 2.06 bits per heavy atom. The number of nitrogens with zero attached hydrogens (tertiary/aromatic N) is 2. The van der Waals surface area contributed by atoms with E-state index >= 15 is 0 Å². The number of hydrogen-bond acceptors (Lipinski definition) is 4. The van der Waals surface area contributed by atoms with Crippen molar-refractivity contribution in [3.05, 3.63) is 30.5 Å². The third-order valence-electron chi connectivity index (χ3n) is 3.38. The molecule has 2 heterocycles. The summed E-state index contributed by atoms with van der Waals surface area (Å²) >= 11 is 1.76. The van der Waals surface area contributed by atoms with Crippen LogP contribution in [0.5, 0.6) is 0 Å². The first-order valence-electron chi connectivity index (χ1n) is 6.27. The van der Waals surface area contributed by atoms with Crippen molar-refractivity contribution < 1.29 is 0 Å². The molecule has 4 heteroatoms. The number of aromatic nitrogens is 1. The lowest BCUT2D eigenvalue weighted by atomic mass is 10.1. The van der Waals surface area contributed by atoms with Gasteiger partial charge in [0.05, 0.1) is 5.52 Å². The van der Waals surface area contributed by atoms with Gasteiger partial charge in [0, 0.05) is 48.3 Å². The monoisotopic (exact) mass is 259 g/mol. The summed E-state index contributed by atoms with van der Waals surface area (Å²) in [5, 5.41) is 4.65. The predicted octanol–water partition coefficient (Wildman–Crippen LogP) is 2.37. The highest BCUT2D eigenvalue weighted by molar-refractivity contribution is 7.98. The molecule has 0 atom stereocenters. The third kappa shape index (κ3) is 2.18. The van der Waals surface area contributed by atoms with Crippen LogP contribution in [0.4, 0.5) is 5.69 Å². The summed E-state index contributed by atoms with van der Waals surface area (Å²) in [6.45, 7) is 4.27. The average molecular weight is 259 g/mol. The number of benzene rings is 1. The maximum Gasteiger partial charge on any atom is 0.0733 e. The number of anilines is 1. The largest absolute Gasteiger partial charge is 0.368 e. The van der Waals surface area contributed by atoms with Crippen molar-refractivity contribution in [2.45, 2.75) is 4.90 Å². The Morgan fingerprint density at radius 1 is 1.22 bits per heavy atom. The van der Waals surface area contributed by atoms with Gasteiger partial charge in [-0.1, -0.05) is 0 Å². The van der Waals surface area contributed by atoms with Crippen LogP contribution in [-0.2, 0) is 0 Å². The number of piperazine rings is 1. The van der Waals surface area contributed by atoms with Gasteiger partial charge < -0.3 is 10.2 Å². The number of hydrogen-bond donors (Lipinski definition) is 1. The van der Waals surface area contributed by atoms with Crippen LogP contribution < -0.4 is 10.2 Å². The molecule has 2 aromatic rings.